The maximum atomic E-state index is 12.0. The van der Waals surface area contributed by atoms with Gasteiger partial charge in [0.15, 0.2) is 5.78 Å². The highest BCUT2D eigenvalue weighted by Gasteiger charge is 2.18. The molecule has 1 N–H and O–H groups in total. The second-order valence-corrected chi connectivity index (χ2v) is 7.52. The van der Waals surface area contributed by atoms with Gasteiger partial charge in [0.2, 0.25) is 5.91 Å². The summed E-state index contributed by atoms with van der Waals surface area (Å²) in [5, 5.41) is 2.93. The molecule has 156 valence electrons. The van der Waals surface area contributed by atoms with E-state index < -0.39 is 0 Å². The third kappa shape index (κ3) is 5.66. The molecule has 5 heteroatoms. The SMILES string of the molecule is CC(=O)C(C)n1c(CCCCCNC(=O)/C=C/c2ccccc2)nc2ccccc21. The van der Waals surface area contributed by atoms with Crippen LogP contribution >= 0.6 is 0 Å². The Morgan fingerprint density at radius 3 is 2.53 bits per heavy atom. The van der Waals surface area contributed by atoms with Crippen LogP contribution in [-0.4, -0.2) is 27.8 Å². The number of carbonyl (C=O) groups is 2. The molecule has 1 heterocycles. The Kier molecular flexibility index (Phi) is 7.55. The van der Waals surface area contributed by atoms with Crippen molar-refractivity contribution in [3.05, 3.63) is 72.1 Å². The summed E-state index contributed by atoms with van der Waals surface area (Å²) >= 11 is 0. The van der Waals surface area contributed by atoms with Crippen LogP contribution in [-0.2, 0) is 16.0 Å². The molecular formula is C25H29N3O2. The molecule has 30 heavy (non-hydrogen) atoms. The highest BCUT2D eigenvalue weighted by molar-refractivity contribution is 5.91. The highest BCUT2D eigenvalue weighted by Crippen LogP contribution is 2.23. The van der Waals surface area contributed by atoms with E-state index in [1.807, 2.05) is 67.6 Å². The van der Waals surface area contributed by atoms with Crippen LogP contribution in [0.15, 0.2) is 60.7 Å². The molecule has 1 atom stereocenters. The number of nitrogens with zero attached hydrogens (tertiary/aromatic N) is 2. The standard InChI is InChI=1S/C25H29N3O2/c1-19(20(2)29)28-23-14-9-8-13-22(23)27-24(28)15-7-4-10-18-26-25(30)17-16-21-11-5-3-6-12-21/h3,5-6,8-9,11-14,16-17,19H,4,7,10,15,18H2,1-2H3,(H,26,30)/b17-16+. The molecular weight excluding hydrogens is 374 g/mol. The number of hydrogen-bond acceptors (Lipinski definition) is 3. The lowest BCUT2D eigenvalue weighted by molar-refractivity contribution is -0.119. The van der Waals surface area contributed by atoms with E-state index in [0.717, 1.165) is 48.1 Å². The molecule has 0 bridgehead atoms. The molecule has 0 saturated carbocycles. The number of Topliss-reactive ketones (excluding diaryl/α,β-unsaturated/α-hetero) is 1. The minimum absolute atomic E-state index is 0.0732. The fourth-order valence-electron chi connectivity index (χ4n) is 3.48. The van der Waals surface area contributed by atoms with Crippen LogP contribution in [0.25, 0.3) is 17.1 Å². The minimum Gasteiger partial charge on any atom is -0.353 e. The Hall–Kier alpha value is -3.21. The average molecular weight is 404 g/mol. The highest BCUT2D eigenvalue weighted by atomic mass is 16.1. The van der Waals surface area contributed by atoms with Crippen LogP contribution < -0.4 is 5.32 Å². The van der Waals surface area contributed by atoms with Crippen molar-refractivity contribution in [1.29, 1.82) is 0 Å². The lowest BCUT2D eigenvalue weighted by Crippen LogP contribution is -2.22. The van der Waals surface area contributed by atoms with Crippen molar-refractivity contribution in [2.75, 3.05) is 6.54 Å². The molecule has 0 fully saturated rings. The van der Waals surface area contributed by atoms with Crippen molar-refractivity contribution in [3.8, 4) is 0 Å². The summed E-state index contributed by atoms with van der Waals surface area (Å²) in [7, 11) is 0. The number of imidazole rings is 1. The molecule has 3 aromatic rings. The van der Waals surface area contributed by atoms with E-state index in [4.69, 9.17) is 4.98 Å². The van der Waals surface area contributed by atoms with Crippen LogP contribution in [0.2, 0.25) is 0 Å². The van der Waals surface area contributed by atoms with Gasteiger partial charge in [-0.3, -0.25) is 9.59 Å². The van der Waals surface area contributed by atoms with E-state index in [1.165, 1.54) is 0 Å². The van der Waals surface area contributed by atoms with Gasteiger partial charge >= 0.3 is 0 Å². The zero-order valence-electron chi connectivity index (χ0n) is 17.7. The molecule has 2 aromatic carbocycles. The smallest absolute Gasteiger partial charge is 0.243 e. The third-order valence-electron chi connectivity index (χ3n) is 5.25. The normalized spacial score (nSPS) is 12.3. The molecule has 1 unspecified atom stereocenters. The van der Waals surface area contributed by atoms with Crippen LogP contribution in [0.5, 0.6) is 0 Å². The number of ketones is 1. The van der Waals surface area contributed by atoms with Gasteiger partial charge in [0.25, 0.3) is 0 Å². The maximum absolute atomic E-state index is 12.0. The number of aryl methyl sites for hydroxylation is 1. The number of rotatable bonds is 10. The summed E-state index contributed by atoms with van der Waals surface area (Å²) in [5.74, 6) is 1.01. The number of nitrogens with one attached hydrogen (secondary N) is 1. The summed E-state index contributed by atoms with van der Waals surface area (Å²) in [6.45, 7) is 4.20. The van der Waals surface area contributed by atoms with Crippen molar-refractivity contribution >= 4 is 28.8 Å². The second kappa shape index (κ2) is 10.5. The quantitative estimate of drug-likeness (QED) is 0.393. The number of hydrogen-bond donors (Lipinski definition) is 1. The third-order valence-corrected chi connectivity index (χ3v) is 5.25. The fourth-order valence-corrected chi connectivity index (χ4v) is 3.48. The first-order valence-electron chi connectivity index (χ1n) is 10.5. The first-order valence-corrected chi connectivity index (χ1v) is 10.5. The van der Waals surface area contributed by atoms with Gasteiger partial charge in [0.05, 0.1) is 17.1 Å². The summed E-state index contributed by atoms with van der Waals surface area (Å²) < 4.78 is 2.06. The monoisotopic (exact) mass is 403 g/mol. The average Bonchev–Trinajstić information content (AvgIpc) is 3.13. The van der Waals surface area contributed by atoms with E-state index in [-0.39, 0.29) is 17.7 Å². The molecule has 1 amide bonds. The first kappa shape index (κ1) is 21.5. The Morgan fingerprint density at radius 2 is 1.77 bits per heavy atom. The first-order chi connectivity index (χ1) is 14.6. The van der Waals surface area contributed by atoms with E-state index in [0.29, 0.717) is 6.54 Å². The van der Waals surface area contributed by atoms with Crippen molar-refractivity contribution in [3.63, 3.8) is 0 Å². The lowest BCUT2D eigenvalue weighted by Gasteiger charge is -2.15. The Bertz CT molecular complexity index is 1020. The number of carbonyl (C=O) groups excluding carboxylic acids is 2. The summed E-state index contributed by atoms with van der Waals surface area (Å²) in [6.07, 6.45) is 7.06. The number of aromatic nitrogens is 2. The number of benzene rings is 2. The van der Waals surface area contributed by atoms with E-state index in [1.54, 1.807) is 13.0 Å². The summed E-state index contributed by atoms with van der Waals surface area (Å²) in [6, 6.07) is 17.5. The number of para-hydroxylation sites is 2. The Morgan fingerprint density at radius 1 is 1.03 bits per heavy atom. The van der Waals surface area contributed by atoms with Crippen molar-refractivity contribution in [1.82, 2.24) is 14.9 Å². The maximum Gasteiger partial charge on any atom is 0.243 e. The van der Waals surface area contributed by atoms with Gasteiger partial charge in [-0.1, -0.05) is 48.9 Å². The predicted molar refractivity (Wildman–Crippen MR) is 121 cm³/mol. The van der Waals surface area contributed by atoms with Crippen molar-refractivity contribution in [2.45, 2.75) is 45.6 Å². The van der Waals surface area contributed by atoms with Gasteiger partial charge in [-0.15, -0.1) is 0 Å². The van der Waals surface area contributed by atoms with Crippen LogP contribution in [0, 0.1) is 0 Å². The summed E-state index contributed by atoms with van der Waals surface area (Å²) in [5.41, 5.74) is 2.95. The van der Waals surface area contributed by atoms with E-state index in [2.05, 4.69) is 9.88 Å². The molecule has 0 saturated heterocycles. The molecule has 0 aliphatic carbocycles. The van der Waals surface area contributed by atoms with Crippen molar-refractivity contribution in [2.24, 2.45) is 0 Å². The number of fused-ring (bicyclic) bond motifs is 1. The second-order valence-electron chi connectivity index (χ2n) is 7.52. The van der Waals surface area contributed by atoms with Gasteiger partial charge in [-0.2, -0.15) is 0 Å². The lowest BCUT2D eigenvalue weighted by atomic mass is 10.1. The molecule has 0 aliphatic heterocycles. The largest absolute Gasteiger partial charge is 0.353 e. The van der Waals surface area contributed by atoms with Crippen LogP contribution in [0.1, 0.15) is 50.5 Å². The zero-order valence-corrected chi connectivity index (χ0v) is 17.7. The van der Waals surface area contributed by atoms with Gasteiger partial charge in [0, 0.05) is 19.0 Å². The molecule has 5 nitrogen and oxygen atoms in total. The minimum atomic E-state index is -0.219. The van der Waals surface area contributed by atoms with Gasteiger partial charge in [0.1, 0.15) is 5.82 Å². The Labute approximate surface area is 177 Å². The number of amides is 1. The van der Waals surface area contributed by atoms with Gasteiger partial charge < -0.3 is 9.88 Å². The summed E-state index contributed by atoms with van der Waals surface area (Å²) in [4.78, 5) is 28.6. The topological polar surface area (TPSA) is 64.0 Å². The van der Waals surface area contributed by atoms with E-state index in [9.17, 15) is 9.59 Å². The molecule has 0 aliphatic rings. The fraction of sp³-hybridized carbons (Fsp3) is 0.320. The van der Waals surface area contributed by atoms with Crippen LogP contribution in [0.4, 0.5) is 0 Å². The predicted octanol–water partition coefficient (Wildman–Crippen LogP) is 4.73. The zero-order chi connectivity index (χ0) is 21.3. The Balaban J connectivity index is 1.46. The van der Waals surface area contributed by atoms with Crippen molar-refractivity contribution < 1.29 is 9.59 Å². The van der Waals surface area contributed by atoms with E-state index >= 15 is 0 Å². The molecule has 1 aromatic heterocycles. The van der Waals surface area contributed by atoms with Crippen LogP contribution in [0.3, 0.4) is 0 Å². The number of unbranched alkanes of at least 4 members (excludes halogenated alkanes) is 2. The van der Waals surface area contributed by atoms with Gasteiger partial charge in [-0.25, -0.2) is 4.98 Å². The molecule has 0 spiro atoms. The van der Waals surface area contributed by atoms with Gasteiger partial charge in [-0.05, 0) is 50.5 Å². The molecule has 0 radical (unpaired) electrons. The molecule has 3 rings (SSSR count).